The first-order valence-corrected chi connectivity index (χ1v) is 6.16. The Morgan fingerprint density at radius 1 is 1.11 bits per heavy atom. The highest BCUT2D eigenvalue weighted by atomic mass is 79.9. The van der Waals surface area contributed by atoms with E-state index in [2.05, 4.69) is 15.9 Å². The lowest BCUT2D eigenvalue weighted by molar-refractivity contribution is -0.277. The van der Waals surface area contributed by atoms with Gasteiger partial charge in [0.15, 0.2) is 0 Å². The molecular formula is C9H12BrF6NO. The molecule has 0 rings (SSSR count). The lowest BCUT2D eigenvalue weighted by Gasteiger charge is -2.29. The van der Waals surface area contributed by atoms with Gasteiger partial charge in [0.1, 0.15) is 0 Å². The summed E-state index contributed by atoms with van der Waals surface area (Å²) in [4.78, 5) is 12.0. The summed E-state index contributed by atoms with van der Waals surface area (Å²) in [5.74, 6) is -5.90. The minimum Gasteiger partial charge on any atom is -0.341 e. The molecule has 0 N–H and O–H groups in total. The van der Waals surface area contributed by atoms with E-state index in [0.29, 0.717) is 4.90 Å². The van der Waals surface area contributed by atoms with Gasteiger partial charge in [-0.25, -0.2) is 0 Å². The largest absolute Gasteiger partial charge is 0.409 e. The van der Waals surface area contributed by atoms with Crippen molar-refractivity contribution in [1.29, 1.82) is 0 Å². The Hall–Kier alpha value is -0.470. The molecule has 0 saturated carbocycles. The topological polar surface area (TPSA) is 20.3 Å². The third-order valence-corrected chi connectivity index (χ3v) is 2.42. The first kappa shape index (κ1) is 17.5. The highest BCUT2D eigenvalue weighted by Crippen LogP contribution is 2.40. The van der Waals surface area contributed by atoms with Gasteiger partial charge in [-0.05, 0) is 6.42 Å². The normalized spacial score (nSPS) is 12.9. The SMILES string of the molecule is CCCN(CCBr)C(=O)C(C(F)(F)F)C(F)(F)F. The highest BCUT2D eigenvalue weighted by Gasteiger charge is 2.61. The van der Waals surface area contributed by atoms with Crippen LogP contribution in [0.1, 0.15) is 13.3 Å². The van der Waals surface area contributed by atoms with Gasteiger partial charge in [0.05, 0.1) is 0 Å². The molecule has 0 aromatic heterocycles. The van der Waals surface area contributed by atoms with Crippen LogP contribution in [0, 0.1) is 5.92 Å². The molecule has 18 heavy (non-hydrogen) atoms. The van der Waals surface area contributed by atoms with Crippen LogP contribution in [-0.2, 0) is 4.79 Å². The average molecular weight is 344 g/mol. The molecule has 0 aliphatic heterocycles. The molecule has 0 spiro atoms. The molecule has 108 valence electrons. The Kier molecular flexibility index (Phi) is 6.45. The molecule has 9 heteroatoms. The Labute approximate surface area is 108 Å². The summed E-state index contributed by atoms with van der Waals surface area (Å²) in [7, 11) is 0. The van der Waals surface area contributed by atoms with E-state index in [-0.39, 0.29) is 24.8 Å². The molecule has 0 unspecified atom stereocenters. The van der Waals surface area contributed by atoms with Gasteiger partial charge in [-0.1, -0.05) is 22.9 Å². The van der Waals surface area contributed by atoms with Gasteiger partial charge < -0.3 is 4.90 Å². The zero-order chi connectivity index (χ0) is 14.6. The van der Waals surface area contributed by atoms with E-state index in [1.165, 1.54) is 0 Å². The Morgan fingerprint density at radius 3 is 1.83 bits per heavy atom. The first-order chi connectivity index (χ1) is 8.05. The number of nitrogens with zero attached hydrogens (tertiary/aromatic N) is 1. The summed E-state index contributed by atoms with van der Waals surface area (Å²) < 4.78 is 74.0. The summed E-state index contributed by atoms with van der Waals surface area (Å²) in [6.45, 7) is 1.22. The minimum absolute atomic E-state index is 0.112. The van der Waals surface area contributed by atoms with Crippen molar-refractivity contribution in [3.63, 3.8) is 0 Å². The number of amides is 1. The third kappa shape index (κ3) is 5.03. The summed E-state index contributed by atoms with van der Waals surface area (Å²) >= 11 is 2.88. The maximum absolute atomic E-state index is 12.3. The van der Waals surface area contributed by atoms with Gasteiger partial charge in [-0.15, -0.1) is 0 Å². The molecule has 1 amide bonds. The maximum Gasteiger partial charge on any atom is 0.409 e. The Balaban J connectivity index is 5.17. The smallest absolute Gasteiger partial charge is 0.341 e. The summed E-state index contributed by atoms with van der Waals surface area (Å²) in [5, 5.41) is 0.112. The molecule has 0 aromatic rings. The zero-order valence-electron chi connectivity index (χ0n) is 9.41. The molecule has 0 fully saturated rings. The molecule has 0 heterocycles. The average Bonchev–Trinajstić information content (AvgIpc) is 2.12. The number of carbonyl (C=O) groups is 1. The molecule has 0 radical (unpaired) electrons. The number of carbonyl (C=O) groups excluding carboxylic acids is 1. The van der Waals surface area contributed by atoms with Crippen LogP contribution in [0.2, 0.25) is 0 Å². The molecule has 2 nitrogen and oxygen atoms in total. The second-order valence-corrected chi connectivity index (χ2v) is 4.32. The van der Waals surface area contributed by atoms with E-state index in [1.807, 2.05) is 0 Å². The fourth-order valence-corrected chi connectivity index (χ4v) is 1.78. The molecule has 0 aromatic carbocycles. The van der Waals surface area contributed by atoms with E-state index in [0.717, 1.165) is 0 Å². The third-order valence-electron chi connectivity index (χ3n) is 2.06. The van der Waals surface area contributed by atoms with Crippen LogP contribution in [0.3, 0.4) is 0 Å². The van der Waals surface area contributed by atoms with Crippen molar-refractivity contribution in [1.82, 2.24) is 4.90 Å². The van der Waals surface area contributed by atoms with Crippen molar-refractivity contribution in [2.24, 2.45) is 5.92 Å². The number of halogens is 7. The second-order valence-electron chi connectivity index (χ2n) is 3.53. The molecule has 0 aliphatic rings. The van der Waals surface area contributed by atoms with Gasteiger partial charge in [-0.3, -0.25) is 4.79 Å². The lowest BCUT2D eigenvalue weighted by atomic mass is 10.1. The quantitative estimate of drug-likeness (QED) is 0.553. The van der Waals surface area contributed by atoms with Gasteiger partial charge >= 0.3 is 12.4 Å². The van der Waals surface area contributed by atoms with Gasteiger partial charge in [-0.2, -0.15) is 26.3 Å². The lowest BCUT2D eigenvalue weighted by Crippen LogP contribution is -2.50. The predicted octanol–water partition coefficient (Wildman–Crippen LogP) is 3.36. The predicted molar refractivity (Wildman–Crippen MR) is 56.3 cm³/mol. The number of hydrogen-bond donors (Lipinski definition) is 0. The van der Waals surface area contributed by atoms with Crippen LogP contribution in [0.15, 0.2) is 0 Å². The molecule has 0 saturated heterocycles. The van der Waals surface area contributed by atoms with E-state index in [1.54, 1.807) is 6.92 Å². The van der Waals surface area contributed by atoms with Crippen LogP contribution in [0.5, 0.6) is 0 Å². The highest BCUT2D eigenvalue weighted by molar-refractivity contribution is 9.09. The van der Waals surface area contributed by atoms with Crippen molar-refractivity contribution < 1.29 is 31.1 Å². The molecule has 0 aliphatic carbocycles. The Bertz CT molecular complexity index is 257. The number of hydrogen-bond acceptors (Lipinski definition) is 1. The monoisotopic (exact) mass is 343 g/mol. The van der Waals surface area contributed by atoms with Crippen LogP contribution < -0.4 is 0 Å². The van der Waals surface area contributed by atoms with Crippen molar-refractivity contribution in [2.75, 3.05) is 18.4 Å². The van der Waals surface area contributed by atoms with Crippen molar-refractivity contribution in [3.8, 4) is 0 Å². The summed E-state index contributed by atoms with van der Waals surface area (Å²) in [5.41, 5.74) is 0. The van der Waals surface area contributed by atoms with Gasteiger partial charge in [0.2, 0.25) is 11.8 Å². The zero-order valence-corrected chi connectivity index (χ0v) is 11.0. The van der Waals surface area contributed by atoms with E-state index in [9.17, 15) is 31.1 Å². The summed E-state index contributed by atoms with van der Waals surface area (Å²) in [6, 6.07) is 0. The molecule has 0 bridgehead atoms. The van der Waals surface area contributed by atoms with Crippen LogP contribution >= 0.6 is 15.9 Å². The van der Waals surface area contributed by atoms with Gasteiger partial charge in [0, 0.05) is 18.4 Å². The maximum atomic E-state index is 12.3. The summed E-state index contributed by atoms with van der Waals surface area (Å²) in [6.07, 6.45) is -11.0. The molecular weight excluding hydrogens is 332 g/mol. The minimum atomic E-state index is -5.63. The Morgan fingerprint density at radius 2 is 1.56 bits per heavy atom. The van der Waals surface area contributed by atoms with E-state index >= 15 is 0 Å². The second kappa shape index (κ2) is 6.63. The van der Waals surface area contributed by atoms with Crippen LogP contribution in [0.4, 0.5) is 26.3 Å². The standard InChI is InChI=1S/C9H12BrF6NO/c1-2-4-17(5-3-10)7(18)6(8(11,12)13)9(14,15)16/h6H,2-5H2,1H3. The molecule has 0 atom stereocenters. The van der Waals surface area contributed by atoms with E-state index < -0.39 is 24.2 Å². The number of alkyl halides is 7. The fraction of sp³-hybridized carbons (Fsp3) is 0.889. The van der Waals surface area contributed by atoms with Crippen molar-refractivity contribution in [2.45, 2.75) is 25.7 Å². The van der Waals surface area contributed by atoms with Crippen LogP contribution in [-0.4, -0.2) is 41.6 Å². The first-order valence-electron chi connectivity index (χ1n) is 5.03. The van der Waals surface area contributed by atoms with Crippen LogP contribution in [0.25, 0.3) is 0 Å². The fourth-order valence-electron chi connectivity index (χ4n) is 1.35. The van der Waals surface area contributed by atoms with Gasteiger partial charge in [0.25, 0.3) is 0 Å². The van der Waals surface area contributed by atoms with Crippen molar-refractivity contribution in [3.05, 3.63) is 0 Å². The number of rotatable bonds is 5. The van der Waals surface area contributed by atoms with E-state index in [4.69, 9.17) is 0 Å². The van der Waals surface area contributed by atoms with Crippen molar-refractivity contribution >= 4 is 21.8 Å².